The van der Waals surface area contributed by atoms with E-state index in [1.165, 1.54) is 30.5 Å². The van der Waals surface area contributed by atoms with E-state index in [2.05, 4.69) is 43.0 Å². The van der Waals surface area contributed by atoms with Gasteiger partial charge in [-0.1, -0.05) is 31.2 Å². The first-order chi connectivity index (χ1) is 8.22. The lowest BCUT2D eigenvalue weighted by molar-refractivity contribution is 0.0989. The maximum atomic E-state index is 5.93. The Labute approximate surface area is 117 Å². The highest BCUT2D eigenvalue weighted by atomic mass is 35.5. The third-order valence-corrected chi connectivity index (χ3v) is 4.11. The van der Waals surface area contributed by atoms with Crippen molar-refractivity contribution in [2.24, 2.45) is 11.7 Å². The van der Waals surface area contributed by atoms with Crippen LogP contribution in [0.1, 0.15) is 30.9 Å². The molecule has 1 fully saturated rings. The molecule has 1 aliphatic heterocycles. The Morgan fingerprint density at radius 1 is 1.33 bits per heavy atom. The van der Waals surface area contributed by atoms with Gasteiger partial charge in [0.2, 0.25) is 0 Å². The van der Waals surface area contributed by atoms with E-state index in [4.69, 9.17) is 5.73 Å². The van der Waals surface area contributed by atoms with Crippen LogP contribution in [0.5, 0.6) is 0 Å². The Morgan fingerprint density at radius 3 is 2.72 bits per heavy atom. The van der Waals surface area contributed by atoms with Crippen LogP contribution in [0.4, 0.5) is 0 Å². The Kier molecular flexibility index (Phi) is 6.13. The van der Waals surface area contributed by atoms with Gasteiger partial charge in [0.1, 0.15) is 0 Å². The molecule has 2 nitrogen and oxygen atoms in total. The van der Waals surface area contributed by atoms with Crippen molar-refractivity contribution in [3.8, 4) is 0 Å². The second-order valence-electron chi connectivity index (χ2n) is 5.32. The van der Waals surface area contributed by atoms with Crippen molar-refractivity contribution in [2.45, 2.75) is 39.3 Å². The fourth-order valence-electron chi connectivity index (χ4n) is 2.92. The van der Waals surface area contributed by atoms with Gasteiger partial charge < -0.3 is 5.73 Å². The van der Waals surface area contributed by atoms with Crippen molar-refractivity contribution in [3.63, 3.8) is 0 Å². The van der Waals surface area contributed by atoms with E-state index in [0.29, 0.717) is 6.04 Å². The van der Waals surface area contributed by atoms with Gasteiger partial charge in [0.15, 0.2) is 0 Å². The van der Waals surface area contributed by atoms with Crippen LogP contribution in [0.25, 0.3) is 0 Å². The van der Waals surface area contributed by atoms with E-state index in [1.807, 2.05) is 0 Å². The summed E-state index contributed by atoms with van der Waals surface area (Å²) >= 11 is 0. The molecule has 0 radical (unpaired) electrons. The first-order valence-corrected chi connectivity index (χ1v) is 6.71. The maximum Gasteiger partial charge on any atom is 0.0247 e. The first-order valence-electron chi connectivity index (χ1n) is 6.71. The summed E-state index contributed by atoms with van der Waals surface area (Å²) in [6.07, 6.45) is 2.63. The third kappa shape index (κ3) is 3.47. The highest BCUT2D eigenvalue weighted by molar-refractivity contribution is 5.85. The molecule has 1 saturated heterocycles. The topological polar surface area (TPSA) is 29.3 Å². The van der Waals surface area contributed by atoms with Crippen LogP contribution in [-0.2, 0) is 6.54 Å². The van der Waals surface area contributed by atoms with Crippen LogP contribution in [0.3, 0.4) is 0 Å². The van der Waals surface area contributed by atoms with Crippen molar-refractivity contribution < 1.29 is 0 Å². The molecule has 1 aliphatic rings. The molecule has 3 heteroatoms. The molecule has 1 aromatic carbocycles. The van der Waals surface area contributed by atoms with Crippen molar-refractivity contribution in [1.29, 1.82) is 0 Å². The number of rotatable bonds is 3. The summed E-state index contributed by atoms with van der Waals surface area (Å²) in [5, 5.41) is 0. The van der Waals surface area contributed by atoms with Gasteiger partial charge in [-0.05, 0) is 43.4 Å². The van der Waals surface area contributed by atoms with Gasteiger partial charge in [-0.25, -0.2) is 0 Å². The summed E-state index contributed by atoms with van der Waals surface area (Å²) in [5.41, 5.74) is 8.77. The predicted molar refractivity (Wildman–Crippen MR) is 80.1 cm³/mol. The van der Waals surface area contributed by atoms with Crippen molar-refractivity contribution >= 4 is 12.4 Å². The predicted octanol–water partition coefficient (Wildman–Crippen LogP) is 2.98. The molecular formula is C15H25ClN2. The summed E-state index contributed by atoms with van der Waals surface area (Å²) in [6, 6.07) is 9.23. The lowest BCUT2D eigenvalue weighted by Gasteiger charge is -2.39. The second kappa shape index (κ2) is 7.13. The number of halogens is 1. The minimum Gasteiger partial charge on any atom is -0.329 e. The Bertz CT molecular complexity index is 367. The zero-order chi connectivity index (χ0) is 12.3. The first kappa shape index (κ1) is 15.5. The molecule has 2 atom stereocenters. The number of hydrogen-bond acceptors (Lipinski definition) is 2. The third-order valence-electron chi connectivity index (χ3n) is 4.11. The molecule has 2 N–H and O–H groups in total. The van der Waals surface area contributed by atoms with Gasteiger partial charge in [-0.15, -0.1) is 12.4 Å². The lowest BCUT2D eigenvalue weighted by Crippen LogP contribution is -2.48. The van der Waals surface area contributed by atoms with E-state index in [9.17, 15) is 0 Å². The maximum absolute atomic E-state index is 5.93. The van der Waals surface area contributed by atoms with Crippen LogP contribution >= 0.6 is 12.4 Å². The van der Waals surface area contributed by atoms with Crippen LogP contribution in [0.15, 0.2) is 24.3 Å². The molecule has 0 amide bonds. The Morgan fingerprint density at radius 2 is 2.06 bits per heavy atom. The number of piperidine rings is 1. The van der Waals surface area contributed by atoms with E-state index in [1.54, 1.807) is 0 Å². The standard InChI is InChI=1S/C15H24N2.ClH/c1-12-6-3-4-8-14(12)11-17-9-5-7-13(2)15(17)10-16;/h3-4,6,8,13,15H,5,7,9-11,16H2,1-2H3;1H. The quantitative estimate of drug-likeness (QED) is 0.913. The highest BCUT2D eigenvalue weighted by Crippen LogP contribution is 2.24. The largest absolute Gasteiger partial charge is 0.329 e. The molecule has 0 bridgehead atoms. The molecule has 0 aromatic heterocycles. The van der Waals surface area contributed by atoms with Gasteiger partial charge in [0, 0.05) is 19.1 Å². The second-order valence-corrected chi connectivity index (χ2v) is 5.32. The van der Waals surface area contributed by atoms with Gasteiger partial charge in [-0.2, -0.15) is 0 Å². The summed E-state index contributed by atoms with van der Waals surface area (Å²) < 4.78 is 0. The zero-order valence-corrected chi connectivity index (χ0v) is 12.2. The average Bonchev–Trinajstić information content (AvgIpc) is 2.32. The van der Waals surface area contributed by atoms with Crippen LogP contribution in [0.2, 0.25) is 0 Å². The smallest absolute Gasteiger partial charge is 0.0247 e. The summed E-state index contributed by atoms with van der Waals surface area (Å²) in [5.74, 6) is 0.734. The van der Waals surface area contributed by atoms with Crippen molar-refractivity contribution in [2.75, 3.05) is 13.1 Å². The Hall–Kier alpha value is -0.570. The minimum atomic E-state index is 0. The average molecular weight is 269 g/mol. The van der Waals surface area contributed by atoms with E-state index in [-0.39, 0.29) is 12.4 Å². The molecule has 2 unspecified atom stereocenters. The monoisotopic (exact) mass is 268 g/mol. The van der Waals surface area contributed by atoms with Crippen LogP contribution in [-0.4, -0.2) is 24.0 Å². The van der Waals surface area contributed by atoms with Crippen molar-refractivity contribution in [3.05, 3.63) is 35.4 Å². The van der Waals surface area contributed by atoms with E-state index in [0.717, 1.165) is 19.0 Å². The fraction of sp³-hybridized carbons (Fsp3) is 0.600. The molecule has 102 valence electrons. The molecule has 2 rings (SSSR count). The molecule has 18 heavy (non-hydrogen) atoms. The molecular weight excluding hydrogens is 244 g/mol. The molecule has 1 aromatic rings. The van der Waals surface area contributed by atoms with Gasteiger partial charge in [-0.3, -0.25) is 4.90 Å². The number of nitrogens with two attached hydrogens (primary N) is 1. The number of benzene rings is 1. The van der Waals surface area contributed by atoms with Gasteiger partial charge >= 0.3 is 0 Å². The number of nitrogens with zero attached hydrogens (tertiary/aromatic N) is 1. The van der Waals surface area contributed by atoms with E-state index >= 15 is 0 Å². The molecule has 0 aliphatic carbocycles. The van der Waals surface area contributed by atoms with Crippen LogP contribution in [0, 0.1) is 12.8 Å². The number of likely N-dealkylation sites (tertiary alicyclic amines) is 1. The van der Waals surface area contributed by atoms with Crippen molar-refractivity contribution in [1.82, 2.24) is 4.90 Å². The molecule has 0 saturated carbocycles. The summed E-state index contributed by atoms with van der Waals surface area (Å²) in [6.45, 7) is 7.56. The summed E-state index contributed by atoms with van der Waals surface area (Å²) in [4.78, 5) is 2.57. The number of hydrogen-bond donors (Lipinski definition) is 1. The zero-order valence-electron chi connectivity index (χ0n) is 11.4. The van der Waals surface area contributed by atoms with Gasteiger partial charge in [0.05, 0.1) is 0 Å². The molecule has 0 spiro atoms. The minimum absolute atomic E-state index is 0. The van der Waals surface area contributed by atoms with Gasteiger partial charge in [0.25, 0.3) is 0 Å². The number of aryl methyl sites for hydroxylation is 1. The normalized spacial score (nSPS) is 24.6. The fourth-order valence-corrected chi connectivity index (χ4v) is 2.92. The SMILES string of the molecule is Cc1ccccc1CN1CCCC(C)C1CN.Cl. The van der Waals surface area contributed by atoms with Crippen LogP contribution < -0.4 is 5.73 Å². The highest BCUT2D eigenvalue weighted by Gasteiger charge is 2.27. The Balaban J connectivity index is 0.00000162. The summed E-state index contributed by atoms with van der Waals surface area (Å²) in [7, 11) is 0. The molecule has 1 heterocycles. The lowest BCUT2D eigenvalue weighted by atomic mass is 9.90. The van der Waals surface area contributed by atoms with E-state index < -0.39 is 0 Å².